The number of rotatable bonds is 5. The molecular weight excluding hydrogens is 180 g/mol. The molecule has 0 unspecified atom stereocenters. The molecule has 0 radical (unpaired) electrons. The van der Waals surface area contributed by atoms with Crippen molar-refractivity contribution in [2.75, 3.05) is 13.6 Å². The van der Waals surface area contributed by atoms with Crippen LogP contribution in [0.3, 0.4) is 0 Å². The maximum Gasteiger partial charge on any atom is 0.226 e. The van der Waals surface area contributed by atoms with Crippen LogP contribution in [0.1, 0.15) is 20.3 Å². The Labute approximate surface area is 84.0 Å². The summed E-state index contributed by atoms with van der Waals surface area (Å²) in [4.78, 5) is 15.2. The van der Waals surface area contributed by atoms with Crippen molar-refractivity contribution >= 4 is 24.0 Å². The summed E-state index contributed by atoms with van der Waals surface area (Å²) in [5.41, 5.74) is 1.25. The maximum absolute atomic E-state index is 11.2. The molecule has 0 aliphatic carbocycles. The van der Waals surface area contributed by atoms with Crippen molar-refractivity contribution in [1.82, 2.24) is 5.32 Å². The van der Waals surface area contributed by atoms with Crippen LogP contribution in [-0.2, 0) is 4.79 Å². The quantitative estimate of drug-likeness (QED) is 0.509. The van der Waals surface area contributed by atoms with Crippen molar-refractivity contribution < 1.29 is 4.79 Å². The normalized spacial score (nSPS) is 12.5. The van der Waals surface area contributed by atoms with Gasteiger partial charge in [0.1, 0.15) is 0 Å². The zero-order valence-electron chi connectivity index (χ0n) is 8.87. The summed E-state index contributed by atoms with van der Waals surface area (Å²) in [5, 5.41) is 9.80. The molecule has 14 heavy (non-hydrogen) atoms. The average molecular weight is 196 g/mol. The van der Waals surface area contributed by atoms with Gasteiger partial charge in [-0.15, -0.1) is 0 Å². The number of hydrogen-bond acceptors (Lipinski definition) is 4. The third kappa shape index (κ3) is 4.49. The molecule has 0 spiro atoms. The fraction of sp³-hybridized carbons (Fsp3) is 0.556. The van der Waals surface area contributed by atoms with Crippen molar-refractivity contribution in [2.45, 2.75) is 20.3 Å². The predicted octanol–water partition coefficient (Wildman–Crippen LogP) is 0.660. The van der Waals surface area contributed by atoms with E-state index >= 15 is 0 Å². The molecule has 0 rings (SSSR count). The summed E-state index contributed by atoms with van der Waals surface area (Å²) >= 11 is 0. The van der Waals surface area contributed by atoms with Gasteiger partial charge in [0.25, 0.3) is 0 Å². The van der Waals surface area contributed by atoms with E-state index < -0.39 is 0 Å². The van der Waals surface area contributed by atoms with Crippen LogP contribution < -0.4 is 5.32 Å². The topological polar surface area (TPSA) is 66.2 Å². The monoisotopic (exact) mass is 196 g/mol. The lowest BCUT2D eigenvalue weighted by Gasteiger charge is -2.04. The molecular formula is C9H16N4O. The van der Waals surface area contributed by atoms with E-state index in [1.54, 1.807) is 14.0 Å². The van der Waals surface area contributed by atoms with Gasteiger partial charge in [-0.2, -0.15) is 10.2 Å². The van der Waals surface area contributed by atoms with Gasteiger partial charge in [0.05, 0.1) is 17.8 Å². The predicted molar refractivity (Wildman–Crippen MR) is 59.3 cm³/mol. The molecule has 0 bridgehead atoms. The molecule has 0 fully saturated rings. The van der Waals surface area contributed by atoms with Crippen molar-refractivity contribution in [2.24, 2.45) is 15.2 Å². The minimum absolute atomic E-state index is 0.0632. The van der Waals surface area contributed by atoms with Gasteiger partial charge in [-0.1, -0.05) is 0 Å². The lowest BCUT2D eigenvalue weighted by molar-refractivity contribution is -0.119. The van der Waals surface area contributed by atoms with E-state index in [2.05, 4.69) is 27.2 Å². The fourth-order valence-electron chi connectivity index (χ4n) is 0.944. The first-order valence-electron chi connectivity index (χ1n) is 4.38. The number of carbonyl (C=O) groups is 1. The number of aliphatic imine (C=N–C) groups is 1. The van der Waals surface area contributed by atoms with Gasteiger partial charge >= 0.3 is 0 Å². The molecule has 1 amide bonds. The molecule has 0 saturated carbocycles. The number of nitrogens with zero attached hydrogens (tertiary/aromatic N) is 3. The van der Waals surface area contributed by atoms with E-state index in [4.69, 9.17) is 0 Å². The second-order valence-corrected chi connectivity index (χ2v) is 2.63. The van der Waals surface area contributed by atoms with E-state index in [0.717, 1.165) is 0 Å². The highest BCUT2D eigenvalue weighted by Gasteiger charge is 2.08. The van der Waals surface area contributed by atoms with Crippen LogP contribution in [0.25, 0.3) is 0 Å². The lowest BCUT2D eigenvalue weighted by Crippen LogP contribution is -2.27. The summed E-state index contributed by atoms with van der Waals surface area (Å²) in [6.45, 7) is 7.47. The fourth-order valence-corrected chi connectivity index (χ4v) is 0.944. The third-order valence-corrected chi connectivity index (χ3v) is 1.61. The van der Waals surface area contributed by atoms with Crippen LogP contribution in [0.2, 0.25) is 0 Å². The molecule has 0 aromatic carbocycles. The summed E-state index contributed by atoms with van der Waals surface area (Å²) in [5.74, 6) is -0.0632. The van der Waals surface area contributed by atoms with Crippen LogP contribution in [0, 0.1) is 0 Å². The molecule has 0 saturated heterocycles. The highest BCUT2D eigenvalue weighted by atomic mass is 16.1. The van der Waals surface area contributed by atoms with E-state index in [-0.39, 0.29) is 12.3 Å². The number of hydrogen-bond donors (Lipinski definition) is 1. The van der Waals surface area contributed by atoms with E-state index in [0.29, 0.717) is 18.0 Å². The van der Waals surface area contributed by atoms with Gasteiger partial charge < -0.3 is 5.32 Å². The number of carbonyl (C=O) groups excluding carboxylic acids is 1. The molecule has 0 aromatic heterocycles. The lowest BCUT2D eigenvalue weighted by atomic mass is 10.2. The maximum atomic E-state index is 11.2. The molecule has 1 N–H and O–H groups in total. The highest BCUT2D eigenvalue weighted by molar-refractivity contribution is 6.44. The molecule has 5 nitrogen and oxygen atoms in total. The molecule has 0 heterocycles. The SMILES string of the molecule is C=N/N=C(/C)C(CC(=O)NCC)=NC. The minimum atomic E-state index is -0.0632. The van der Waals surface area contributed by atoms with Gasteiger partial charge in [-0.3, -0.25) is 9.79 Å². The minimum Gasteiger partial charge on any atom is -0.356 e. The molecule has 78 valence electrons. The van der Waals surface area contributed by atoms with Crippen molar-refractivity contribution in [1.29, 1.82) is 0 Å². The first kappa shape index (κ1) is 12.5. The number of amides is 1. The Morgan fingerprint density at radius 2 is 2.14 bits per heavy atom. The molecule has 0 aliphatic heterocycles. The third-order valence-electron chi connectivity index (χ3n) is 1.61. The highest BCUT2D eigenvalue weighted by Crippen LogP contribution is 1.92. The Kier molecular flexibility index (Phi) is 6.19. The average Bonchev–Trinajstić information content (AvgIpc) is 2.15. The largest absolute Gasteiger partial charge is 0.356 e. The summed E-state index contributed by atoms with van der Waals surface area (Å²) in [6.07, 6.45) is 0.231. The Hall–Kier alpha value is -1.52. The van der Waals surface area contributed by atoms with Gasteiger partial charge in [-0.25, -0.2) is 0 Å². The standard InChI is InChI=1S/C9H16N4O/c1-5-12-9(14)6-8(10-3)7(2)13-11-4/h4-6H2,1-3H3,(H,12,14)/b10-8?,13-7-. The Morgan fingerprint density at radius 1 is 1.50 bits per heavy atom. The van der Waals surface area contributed by atoms with E-state index in [1.165, 1.54) is 0 Å². The van der Waals surface area contributed by atoms with Crippen LogP contribution in [-0.4, -0.2) is 37.6 Å². The molecule has 0 aliphatic rings. The second kappa shape index (κ2) is 6.94. The van der Waals surface area contributed by atoms with E-state index in [9.17, 15) is 4.79 Å². The first-order valence-corrected chi connectivity index (χ1v) is 4.38. The van der Waals surface area contributed by atoms with Crippen LogP contribution >= 0.6 is 0 Å². The van der Waals surface area contributed by atoms with Crippen molar-refractivity contribution in [3.8, 4) is 0 Å². The Morgan fingerprint density at radius 3 is 2.57 bits per heavy atom. The van der Waals surface area contributed by atoms with Crippen molar-refractivity contribution in [3.05, 3.63) is 0 Å². The van der Waals surface area contributed by atoms with Gasteiger partial charge in [0.15, 0.2) is 0 Å². The molecule has 0 aromatic rings. The van der Waals surface area contributed by atoms with Crippen LogP contribution in [0.4, 0.5) is 0 Å². The summed E-state index contributed by atoms with van der Waals surface area (Å²) in [7, 11) is 1.62. The van der Waals surface area contributed by atoms with Crippen LogP contribution in [0.5, 0.6) is 0 Å². The smallest absolute Gasteiger partial charge is 0.226 e. The van der Waals surface area contributed by atoms with Gasteiger partial charge in [0, 0.05) is 20.3 Å². The molecule has 5 heteroatoms. The van der Waals surface area contributed by atoms with Gasteiger partial charge in [-0.05, 0) is 13.8 Å². The van der Waals surface area contributed by atoms with Crippen LogP contribution in [0.15, 0.2) is 15.2 Å². The zero-order chi connectivity index (χ0) is 11.0. The molecule has 0 atom stereocenters. The van der Waals surface area contributed by atoms with E-state index in [1.807, 2.05) is 6.92 Å². The zero-order valence-corrected chi connectivity index (χ0v) is 8.87. The van der Waals surface area contributed by atoms with Gasteiger partial charge in [0.2, 0.25) is 5.91 Å². The summed E-state index contributed by atoms with van der Waals surface area (Å²) < 4.78 is 0. The Bertz CT molecular complexity index is 268. The Balaban J connectivity index is 4.39. The first-order chi connectivity index (χ1) is 6.65. The summed E-state index contributed by atoms with van der Waals surface area (Å²) in [6, 6.07) is 0. The second-order valence-electron chi connectivity index (χ2n) is 2.63. The number of nitrogens with one attached hydrogen (secondary N) is 1. The van der Waals surface area contributed by atoms with Crippen molar-refractivity contribution in [3.63, 3.8) is 0 Å².